The number of hydrogen-bond acceptors (Lipinski definition) is 9. The van der Waals surface area contributed by atoms with Gasteiger partial charge in [0.05, 0.1) is 42.7 Å². The van der Waals surface area contributed by atoms with Gasteiger partial charge in [-0.3, -0.25) is 0 Å². The molecule has 0 bridgehead atoms. The van der Waals surface area contributed by atoms with Gasteiger partial charge in [0.15, 0.2) is 27.2 Å². The van der Waals surface area contributed by atoms with Crippen LogP contribution in [0.5, 0.6) is 5.75 Å². The molecule has 3 aromatic rings. The Labute approximate surface area is 192 Å². The Hall–Kier alpha value is -2.92. The Kier molecular flexibility index (Phi) is 5.02. The molecule has 1 saturated heterocycles. The predicted octanol–water partition coefficient (Wildman–Crippen LogP) is 2.33. The van der Waals surface area contributed by atoms with Gasteiger partial charge in [-0.25, -0.2) is 23.4 Å². The highest BCUT2D eigenvalue weighted by molar-refractivity contribution is 7.91. The van der Waals surface area contributed by atoms with Crippen molar-refractivity contribution in [1.82, 2.24) is 19.9 Å². The Balaban J connectivity index is 1.84. The number of aromatic amines is 1. The van der Waals surface area contributed by atoms with Gasteiger partial charge in [-0.15, -0.1) is 0 Å². The van der Waals surface area contributed by atoms with Crippen LogP contribution >= 0.6 is 0 Å². The SMILES string of the molecule is CNc1cnc2[nH]ccc2c1-c1nc2c(c(C(C)(C)S(C)(=O)=O)n1)OC[C@@H]1COC[C@H](C)N21. The highest BCUT2D eigenvalue weighted by Gasteiger charge is 2.44. The van der Waals surface area contributed by atoms with Gasteiger partial charge in [0.2, 0.25) is 0 Å². The fraction of sp³-hybridized carbons (Fsp3) is 0.500. The van der Waals surface area contributed by atoms with Crippen LogP contribution in [0.15, 0.2) is 18.5 Å². The van der Waals surface area contributed by atoms with Crippen LogP contribution in [0.3, 0.4) is 0 Å². The number of fused-ring (bicyclic) bond motifs is 4. The molecule has 33 heavy (non-hydrogen) atoms. The van der Waals surface area contributed by atoms with Crippen molar-refractivity contribution in [3.8, 4) is 17.1 Å². The summed E-state index contributed by atoms with van der Waals surface area (Å²) in [4.78, 5) is 19.6. The highest BCUT2D eigenvalue weighted by Crippen LogP contribution is 2.45. The molecule has 0 radical (unpaired) electrons. The largest absolute Gasteiger partial charge is 0.486 e. The summed E-state index contributed by atoms with van der Waals surface area (Å²) in [5.41, 5.74) is 2.54. The van der Waals surface area contributed by atoms with Crippen molar-refractivity contribution in [3.63, 3.8) is 0 Å². The average molecular weight is 473 g/mol. The molecule has 2 aliphatic rings. The van der Waals surface area contributed by atoms with E-state index in [0.29, 0.717) is 48.6 Å². The average Bonchev–Trinajstić information content (AvgIpc) is 3.25. The molecule has 176 valence electrons. The lowest BCUT2D eigenvalue weighted by atomic mass is 10.0. The van der Waals surface area contributed by atoms with Gasteiger partial charge >= 0.3 is 0 Å². The van der Waals surface area contributed by atoms with Crippen LogP contribution in [-0.4, -0.2) is 73.6 Å². The maximum Gasteiger partial charge on any atom is 0.185 e. The first-order valence-electron chi connectivity index (χ1n) is 10.9. The van der Waals surface area contributed by atoms with E-state index in [9.17, 15) is 8.42 Å². The zero-order valence-electron chi connectivity index (χ0n) is 19.3. The second-order valence-electron chi connectivity index (χ2n) is 9.13. The number of sulfone groups is 1. The number of pyridine rings is 1. The lowest BCUT2D eigenvalue weighted by Gasteiger charge is -2.45. The van der Waals surface area contributed by atoms with E-state index in [0.717, 1.165) is 16.6 Å². The first-order valence-corrected chi connectivity index (χ1v) is 12.8. The van der Waals surface area contributed by atoms with Crippen LogP contribution in [0.4, 0.5) is 11.5 Å². The molecule has 5 heterocycles. The first-order chi connectivity index (χ1) is 15.6. The summed E-state index contributed by atoms with van der Waals surface area (Å²) in [6, 6.07) is 1.96. The fourth-order valence-corrected chi connectivity index (χ4v) is 4.95. The van der Waals surface area contributed by atoms with E-state index in [2.05, 4.69) is 27.1 Å². The maximum atomic E-state index is 12.9. The van der Waals surface area contributed by atoms with Crippen molar-refractivity contribution in [2.75, 3.05) is 43.3 Å². The van der Waals surface area contributed by atoms with Gasteiger partial charge in [0.25, 0.3) is 0 Å². The van der Waals surface area contributed by atoms with Crippen LogP contribution in [0.2, 0.25) is 0 Å². The van der Waals surface area contributed by atoms with Crippen LogP contribution in [0.1, 0.15) is 26.5 Å². The minimum absolute atomic E-state index is 0.00770. The number of nitrogens with one attached hydrogen (secondary N) is 2. The van der Waals surface area contributed by atoms with Gasteiger partial charge < -0.3 is 24.7 Å². The first kappa shape index (κ1) is 21.9. The van der Waals surface area contributed by atoms with Crippen molar-refractivity contribution in [3.05, 3.63) is 24.2 Å². The molecule has 10 nitrogen and oxygen atoms in total. The number of H-pyrrole nitrogens is 1. The third kappa shape index (κ3) is 3.33. The molecule has 2 aliphatic heterocycles. The number of nitrogens with zero attached hydrogens (tertiary/aromatic N) is 4. The van der Waals surface area contributed by atoms with Crippen molar-refractivity contribution in [2.45, 2.75) is 37.6 Å². The Morgan fingerprint density at radius 1 is 1.24 bits per heavy atom. The molecule has 0 amide bonds. The van der Waals surface area contributed by atoms with Crippen LogP contribution in [-0.2, 0) is 19.3 Å². The third-order valence-electron chi connectivity index (χ3n) is 6.63. The summed E-state index contributed by atoms with van der Waals surface area (Å²) >= 11 is 0. The smallest absolute Gasteiger partial charge is 0.185 e. The van der Waals surface area contributed by atoms with Gasteiger partial charge in [0.1, 0.15) is 22.7 Å². The Morgan fingerprint density at radius 3 is 2.76 bits per heavy atom. The summed E-state index contributed by atoms with van der Waals surface area (Å²) in [5, 5.41) is 4.01. The molecular formula is C22H28N6O4S. The van der Waals surface area contributed by atoms with Crippen LogP contribution in [0, 0.1) is 0 Å². The number of ether oxygens (including phenoxy) is 2. The molecule has 0 aliphatic carbocycles. The minimum Gasteiger partial charge on any atom is -0.486 e. The highest BCUT2D eigenvalue weighted by atomic mass is 32.2. The molecule has 0 aromatic carbocycles. The molecule has 0 spiro atoms. The minimum atomic E-state index is -3.53. The second kappa shape index (κ2) is 7.56. The van der Waals surface area contributed by atoms with Crippen molar-refractivity contribution >= 4 is 32.4 Å². The normalized spacial score (nSPS) is 20.8. The molecule has 11 heteroatoms. The molecule has 0 unspecified atom stereocenters. The third-order valence-corrected chi connectivity index (χ3v) is 8.67. The van der Waals surface area contributed by atoms with E-state index in [1.54, 1.807) is 20.0 Å². The molecule has 3 aromatic heterocycles. The summed E-state index contributed by atoms with van der Waals surface area (Å²) in [6.07, 6.45) is 4.75. The molecule has 0 saturated carbocycles. The zero-order valence-corrected chi connectivity index (χ0v) is 20.2. The zero-order chi connectivity index (χ0) is 23.5. The predicted molar refractivity (Wildman–Crippen MR) is 127 cm³/mol. The molecule has 2 atom stereocenters. The number of hydrogen-bond donors (Lipinski definition) is 2. The second-order valence-corrected chi connectivity index (χ2v) is 11.7. The number of rotatable bonds is 4. The Morgan fingerprint density at radius 2 is 2.03 bits per heavy atom. The molecule has 1 fully saturated rings. The van der Waals surface area contributed by atoms with Gasteiger partial charge in [-0.2, -0.15) is 0 Å². The lowest BCUT2D eigenvalue weighted by molar-refractivity contribution is 0.0482. The number of anilines is 2. The summed E-state index contributed by atoms with van der Waals surface area (Å²) in [7, 11) is -1.72. The Bertz CT molecular complexity index is 1340. The lowest BCUT2D eigenvalue weighted by Crippen LogP contribution is -2.56. The van der Waals surface area contributed by atoms with E-state index < -0.39 is 14.6 Å². The summed E-state index contributed by atoms with van der Waals surface area (Å²) < 4.78 is 36.3. The van der Waals surface area contributed by atoms with E-state index in [1.807, 2.05) is 19.3 Å². The standard InChI is InChI=1S/C22H28N6O4S/c1-12-9-31-10-13-11-32-17-18(22(2,3)33(5,29)30)26-20(27-21(17)28(12)13)16-14-6-7-24-19(14)25-8-15(16)23-4/h6-8,12-13,23H,9-11H2,1-5H3,(H,24,25)/t12-,13-/m0/s1. The van der Waals surface area contributed by atoms with Gasteiger partial charge in [-0.05, 0) is 26.8 Å². The maximum absolute atomic E-state index is 12.9. The van der Waals surface area contributed by atoms with Crippen molar-refractivity contribution in [2.24, 2.45) is 0 Å². The monoisotopic (exact) mass is 472 g/mol. The van der Waals surface area contributed by atoms with Gasteiger partial charge in [-0.1, -0.05) is 0 Å². The molecule has 5 rings (SSSR count). The van der Waals surface area contributed by atoms with Gasteiger partial charge in [0, 0.05) is 24.9 Å². The number of morpholine rings is 1. The van der Waals surface area contributed by atoms with E-state index in [4.69, 9.17) is 19.4 Å². The van der Waals surface area contributed by atoms with Crippen LogP contribution < -0.4 is 15.0 Å². The number of aromatic nitrogens is 4. The molecule has 2 N–H and O–H groups in total. The van der Waals surface area contributed by atoms with Crippen molar-refractivity contribution in [1.29, 1.82) is 0 Å². The van der Waals surface area contributed by atoms with Crippen molar-refractivity contribution < 1.29 is 17.9 Å². The fourth-order valence-electron chi connectivity index (χ4n) is 4.47. The van der Waals surface area contributed by atoms with E-state index in [1.165, 1.54) is 6.26 Å². The quantitative estimate of drug-likeness (QED) is 0.589. The summed E-state index contributed by atoms with van der Waals surface area (Å²) in [6.45, 7) is 6.84. The molecular weight excluding hydrogens is 444 g/mol. The summed E-state index contributed by atoms with van der Waals surface area (Å²) in [5.74, 6) is 1.44. The van der Waals surface area contributed by atoms with E-state index in [-0.39, 0.29) is 12.1 Å². The topological polar surface area (TPSA) is 122 Å². The van der Waals surface area contributed by atoms with Crippen LogP contribution in [0.25, 0.3) is 22.4 Å². The van der Waals surface area contributed by atoms with E-state index >= 15 is 0 Å².